The van der Waals surface area contributed by atoms with Crippen LogP contribution in [0.15, 0.2) is 24.3 Å². The molecule has 1 atom stereocenters. The molecule has 1 aromatic carbocycles. The Hall–Kier alpha value is -0.414. The molecule has 0 N–H and O–H groups in total. The number of hydrogen-bond acceptors (Lipinski definition) is 6. The number of benzene rings is 1. The molecule has 0 saturated carbocycles. The van der Waals surface area contributed by atoms with Gasteiger partial charge >= 0.3 is 29.0 Å². The first-order chi connectivity index (χ1) is 10.1. The zero-order valence-corrected chi connectivity index (χ0v) is 15.6. The van der Waals surface area contributed by atoms with Crippen molar-refractivity contribution in [2.75, 3.05) is 40.5 Å². The first kappa shape index (κ1) is 22.6. The van der Waals surface area contributed by atoms with E-state index in [9.17, 15) is 9.90 Å². The van der Waals surface area contributed by atoms with Crippen molar-refractivity contribution in [1.29, 1.82) is 0 Å². The third-order valence-corrected chi connectivity index (χ3v) is 3.61. The van der Waals surface area contributed by atoms with Crippen LogP contribution in [0.25, 0.3) is 0 Å². The Morgan fingerprint density at radius 3 is 2.48 bits per heavy atom. The topological polar surface area (TPSA) is 71.1 Å². The van der Waals surface area contributed by atoms with Gasteiger partial charge in [0.25, 0.3) is 0 Å². The second kappa shape index (κ2) is 10.5. The van der Waals surface area contributed by atoms with E-state index in [-0.39, 0.29) is 35.5 Å². The molecule has 1 fully saturated rings. The molecule has 1 saturated heterocycles. The first-order valence-corrected chi connectivity index (χ1v) is 6.84. The number of methoxy groups -OCH3 is 2. The molecule has 124 valence electrons. The molecule has 23 heavy (non-hydrogen) atoms. The molecule has 1 heterocycles. The number of hydrogen-bond donors (Lipinski definition) is 0. The predicted molar refractivity (Wildman–Crippen MR) is 79.0 cm³/mol. The number of nitrogens with zero attached hydrogens (tertiary/aromatic N) is 1. The number of ether oxygens (including phenoxy) is 3. The maximum absolute atomic E-state index is 12.7. The van der Waals surface area contributed by atoms with Crippen molar-refractivity contribution in [3.05, 3.63) is 35.4 Å². The van der Waals surface area contributed by atoms with Gasteiger partial charge in [-0.25, -0.2) is 0 Å². The maximum atomic E-state index is 12.7. The number of esters is 1. The standard InChI is InChI=1S/C15H20NO5.ClH.Mg/c1-19-14(17)15(18,20-2)13-6-4-3-5-12(13)11-16-7-9-21-10-8-16;;/h3-6H,7-11H2,1-2H3;1H;/q-1;;+2/p-1. The van der Waals surface area contributed by atoms with E-state index in [4.69, 9.17) is 9.47 Å². The van der Waals surface area contributed by atoms with E-state index in [1.807, 2.05) is 12.1 Å². The Labute approximate surface area is 158 Å². The van der Waals surface area contributed by atoms with E-state index in [0.29, 0.717) is 25.3 Å². The van der Waals surface area contributed by atoms with Crippen molar-refractivity contribution in [2.45, 2.75) is 12.3 Å². The van der Waals surface area contributed by atoms with Crippen LogP contribution in [0.5, 0.6) is 0 Å². The summed E-state index contributed by atoms with van der Waals surface area (Å²) in [5.41, 5.74) is 1.06. The Morgan fingerprint density at radius 1 is 1.30 bits per heavy atom. The van der Waals surface area contributed by atoms with Gasteiger partial charge in [-0.1, -0.05) is 24.3 Å². The fourth-order valence-electron chi connectivity index (χ4n) is 2.42. The van der Waals surface area contributed by atoms with Crippen molar-refractivity contribution in [3.8, 4) is 0 Å². The van der Waals surface area contributed by atoms with Gasteiger partial charge in [-0.05, 0) is 11.1 Å². The Kier molecular flexibility index (Phi) is 10.3. The Morgan fingerprint density at radius 2 is 1.91 bits per heavy atom. The van der Waals surface area contributed by atoms with Crippen LogP contribution in [0.3, 0.4) is 0 Å². The molecule has 1 aromatic rings. The van der Waals surface area contributed by atoms with E-state index in [2.05, 4.69) is 9.64 Å². The molecule has 0 spiro atoms. The van der Waals surface area contributed by atoms with Gasteiger partial charge < -0.3 is 31.7 Å². The summed E-state index contributed by atoms with van der Waals surface area (Å²) in [5.74, 6) is -3.28. The Bertz CT molecular complexity index is 499. The van der Waals surface area contributed by atoms with E-state index in [1.165, 1.54) is 14.2 Å². The van der Waals surface area contributed by atoms with Gasteiger partial charge in [0, 0.05) is 26.7 Å². The molecule has 1 aliphatic rings. The quantitative estimate of drug-likeness (QED) is 0.310. The summed E-state index contributed by atoms with van der Waals surface area (Å²) in [6.45, 7) is 3.51. The normalized spacial score (nSPS) is 17.3. The first-order valence-electron chi connectivity index (χ1n) is 6.84. The third kappa shape index (κ3) is 5.28. The molecule has 0 bridgehead atoms. The molecule has 1 unspecified atom stereocenters. The summed E-state index contributed by atoms with van der Waals surface area (Å²) in [6, 6.07) is 7.00. The molecular formula is C15H20ClMgNO5. The average molecular weight is 354 g/mol. The second-order valence-corrected chi connectivity index (χ2v) is 4.86. The molecule has 0 aromatic heterocycles. The monoisotopic (exact) mass is 353 g/mol. The third-order valence-electron chi connectivity index (χ3n) is 3.61. The van der Waals surface area contributed by atoms with Crippen molar-refractivity contribution >= 4 is 29.0 Å². The minimum atomic E-state index is -2.34. The molecule has 8 heteroatoms. The maximum Gasteiger partial charge on any atom is 2.00 e. The summed E-state index contributed by atoms with van der Waals surface area (Å²) in [6.07, 6.45) is 0. The number of rotatable bonds is 5. The van der Waals surface area contributed by atoms with Crippen LogP contribution in [0, 0.1) is 0 Å². The summed E-state index contributed by atoms with van der Waals surface area (Å²) in [7, 11) is 2.40. The van der Waals surface area contributed by atoms with Crippen molar-refractivity contribution in [3.63, 3.8) is 0 Å². The average Bonchev–Trinajstić information content (AvgIpc) is 2.55. The minimum Gasteiger partial charge on any atom is -1.00 e. The van der Waals surface area contributed by atoms with Gasteiger partial charge in [0.2, 0.25) is 0 Å². The molecule has 0 radical (unpaired) electrons. The van der Waals surface area contributed by atoms with Crippen molar-refractivity contribution in [2.24, 2.45) is 0 Å². The number of carbonyl (C=O) groups excluding carboxylic acids is 1. The summed E-state index contributed by atoms with van der Waals surface area (Å²) in [4.78, 5) is 14.0. The zero-order chi connectivity index (χ0) is 15.3. The Balaban J connectivity index is 0.00000242. The van der Waals surface area contributed by atoms with Gasteiger partial charge in [-0.2, -0.15) is 0 Å². The molecule has 6 nitrogen and oxygen atoms in total. The van der Waals surface area contributed by atoms with Gasteiger partial charge in [-0.15, -0.1) is 0 Å². The van der Waals surface area contributed by atoms with E-state index in [0.717, 1.165) is 18.7 Å². The smallest absolute Gasteiger partial charge is 1.00 e. The number of halogens is 1. The predicted octanol–water partition coefficient (Wildman–Crippen LogP) is -3.53. The summed E-state index contributed by atoms with van der Waals surface area (Å²) >= 11 is 0. The van der Waals surface area contributed by atoms with E-state index < -0.39 is 11.8 Å². The zero-order valence-electron chi connectivity index (χ0n) is 13.4. The molecule has 0 amide bonds. The van der Waals surface area contributed by atoms with Crippen LogP contribution < -0.4 is 17.5 Å². The fraction of sp³-hybridized carbons (Fsp3) is 0.533. The SMILES string of the molecule is COC(=O)C([O-])(OC)c1ccccc1CN1CCOCC1.[Cl-].[Mg+2]. The van der Waals surface area contributed by atoms with Crippen LogP contribution >= 0.6 is 0 Å². The second-order valence-electron chi connectivity index (χ2n) is 4.86. The van der Waals surface area contributed by atoms with E-state index >= 15 is 0 Å². The molecular weight excluding hydrogens is 334 g/mol. The van der Waals surface area contributed by atoms with Gasteiger partial charge in [0.1, 0.15) is 5.79 Å². The number of morpholine rings is 1. The molecule has 2 rings (SSSR count). The van der Waals surface area contributed by atoms with Crippen LogP contribution in [0.1, 0.15) is 11.1 Å². The van der Waals surface area contributed by atoms with Gasteiger partial charge in [0.15, 0.2) is 0 Å². The van der Waals surface area contributed by atoms with Crippen molar-refractivity contribution < 1.29 is 36.5 Å². The molecule has 1 aliphatic heterocycles. The van der Waals surface area contributed by atoms with Crippen molar-refractivity contribution in [1.82, 2.24) is 4.90 Å². The van der Waals surface area contributed by atoms with Crippen LogP contribution in [-0.4, -0.2) is 74.4 Å². The van der Waals surface area contributed by atoms with Crippen LogP contribution in [0.4, 0.5) is 0 Å². The van der Waals surface area contributed by atoms with Gasteiger partial charge in [0.05, 0.1) is 20.3 Å². The largest absolute Gasteiger partial charge is 2.00 e. The number of carbonyl (C=O) groups is 1. The molecule has 0 aliphatic carbocycles. The van der Waals surface area contributed by atoms with Crippen LogP contribution in [-0.2, 0) is 31.3 Å². The van der Waals surface area contributed by atoms with Gasteiger partial charge in [-0.3, -0.25) is 9.69 Å². The summed E-state index contributed by atoms with van der Waals surface area (Å²) in [5, 5.41) is 12.7. The fourth-order valence-corrected chi connectivity index (χ4v) is 2.42. The van der Waals surface area contributed by atoms with E-state index in [1.54, 1.807) is 12.1 Å². The summed E-state index contributed by atoms with van der Waals surface area (Å²) < 4.78 is 14.8. The van der Waals surface area contributed by atoms with Crippen LogP contribution in [0.2, 0.25) is 0 Å². The minimum absolute atomic E-state index is 0.